The summed E-state index contributed by atoms with van der Waals surface area (Å²) in [5.74, 6) is 0.505. The van der Waals surface area contributed by atoms with Crippen molar-refractivity contribution in [2.24, 2.45) is 0 Å². The van der Waals surface area contributed by atoms with Gasteiger partial charge in [-0.3, -0.25) is 4.79 Å². The van der Waals surface area contributed by atoms with E-state index in [1.807, 2.05) is 22.8 Å². The SMILES string of the molecule is CC1(c2cc3cc(NC(=O)C4(c5ccc6c(c5)OCO6)CC4)c(F)cc3n2C[C@H](O)CO)CC1. The van der Waals surface area contributed by atoms with E-state index in [0.717, 1.165) is 29.5 Å². The van der Waals surface area contributed by atoms with Gasteiger partial charge >= 0.3 is 0 Å². The number of aliphatic hydroxyl groups excluding tert-OH is 2. The van der Waals surface area contributed by atoms with E-state index in [0.29, 0.717) is 29.9 Å². The molecule has 1 aliphatic heterocycles. The predicted molar refractivity (Wildman–Crippen MR) is 124 cm³/mol. The van der Waals surface area contributed by atoms with Crippen LogP contribution in [0.15, 0.2) is 36.4 Å². The maximum atomic E-state index is 15.2. The fourth-order valence-electron chi connectivity index (χ4n) is 5.00. The van der Waals surface area contributed by atoms with Gasteiger partial charge in [0.25, 0.3) is 0 Å². The third-order valence-electron chi connectivity index (χ3n) is 7.57. The Balaban J connectivity index is 1.32. The van der Waals surface area contributed by atoms with E-state index >= 15 is 4.39 Å². The average molecular weight is 467 g/mol. The van der Waals surface area contributed by atoms with Crippen molar-refractivity contribution in [1.82, 2.24) is 4.57 Å². The van der Waals surface area contributed by atoms with E-state index in [-0.39, 0.29) is 37.0 Å². The first-order valence-electron chi connectivity index (χ1n) is 11.7. The molecule has 0 radical (unpaired) electrons. The third kappa shape index (κ3) is 3.35. The molecule has 0 bridgehead atoms. The Kier molecular flexibility index (Phi) is 4.70. The number of fused-ring (bicyclic) bond motifs is 2. The van der Waals surface area contributed by atoms with Crippen LogP contribution in [0.2, 0.25) is 0 Å². The van der Waals surface area contributed by atoms with Crippen LogP contribution in [0.4, 0.5) is 10.1 Å². The van der Waals surface area contributed by atoms with E-state index in [2.05, 4.69) is 12.2 Å². The average Bonchev–Trinajstić information content (AvgIpc) is 3.71. The molecular weight excluding hydrogens is 439 g/mol. The van der Waals surface area contributed by atoms with Crippen LogP contribution in [0.3, 0.4) is 0 Å². The smallest absolute Gasteiger partial charge is 0.235 e. The second-order valence-electron chi connectivity index (χ2n) is 10.0. The maximum Gasteiger partial charge on any atom is 0.235 e. The minimum atomic E-state index is -0.935. The zero-order valence-corrected chi connectivity index (χ0v) is 18.9. The molecule has 3 N–H and O–H groups in total. The molecule has 2 aromatic carbocycles. The molecule has 8 heteroatoms. The zero-order valence-electron chi connectivity index (χ0n) is 18.9. The van der Waals surface area contributed by atoms with Crippen LogP contribution in [0, 0.1) is 5.82 Å². The van der Waals surface area contributed by atoms with Crippen molar-refractivity contribution in [3.8, 4) is 11.5 Å². The fraction of sp³-hybridized carbons (Fsp3) is 0.423. The second kappa shape index (κ2) is 7.45. The van der Waals surface area contributed by atoms with Gasteiger partial charge in [0.2, 0.25) is 12.7 Å². The van der Waals surface area contributed by atoms with Crippen molar-refractivity contribution < 1.29 is 28.9 Å². The van der Waals surface area contributed by atoms with Crippen LogP contribution in [-0.4, -0.2) is 40.2 Å². The Morgan fingerprint density at radius 2 is 1.91 bits per heavy atom. The first kappa shape index (κ1) is 21.4. The number of nitrogens with zero attached hydrogens (tertiary/aromatic N) is 1. The summed E-state index contributed by atoms with van der Waals surface area (Å²) >= 11 is 0. The quantitative estimate of drug-likeness (QED) is 0.495. The topological polar surface area (TPSA) is 93.0 Å². The lowest BCUT2D eigenvalue weighted by Gasteiger charge is -2.18. The number of nitrogens with one attached hydrogen (secondary N) is 1. The molecule has 178 valence electrons. The number of aliphatic hydroxyl groups is 2. The van der Waals surface area contributed by atoms with Crippen molar-refractivity contribution in [1.29, 1.82) is 0 Å². The molecule has 34 heavy (non-hydrogen) atoms. The Bertz CT molecular complexity index is 1310. The van der Waals surface area contributed by atoms with Crippen LogP contribution in [0.25, 0.3) is 10.9 Å². The fourth-order valence-corrected chi connectivity index (χ4v) is 5.00. The number of carbonyl (C=O) groups excluding carboxylic acids is 1. The highest BCUT2D eigenvalue weighted by atomic mass is 19.1. The Labute approximate surface area is 196 Å². The van der Waals surface area contributed by atoms with E-state index in [9.17, 15) is 15.0 Å². The highest BCUT2D eigenvalue weighted by Gasteiger charge is 2.52. The number of amides is 1. The summed E-state index contributed by atoms with van der Waals surface area (Å²) in [5, 5.41) is 23.0. The van der Waals surface area contributed by atoms with Gasteiger partial charge in [-0.15, -0.1) is 0 Å². The van der Waals surface area contributed by atoms with Gasteiger partial charge in [0.15, 0.2) is 11.5 Å². The second-order valence-corrected chi connectivity index (χ2v) is 10.0. The first-order valence-corrected chi connectivity index (χ1v) is 11.7. The summed E-state index contributed by atoms with van der Waals surface area (Å²) in [6.45, 7) is 2.13. The van der Waals surface area contributed by atoms with Gasteiger partial charge in [-0.05, 0) is 55.5 Å². The molecule has 2 aliphatic carbocycles. The molecule has 3 aliphatic rings. The van der Waals surface area contributed by atoms with Gasteiger partial charge in [-0.2, -0.15) is 0 Å². The molecule has 1 aromatic heterocycles. The number of carbonyl (C=O) groups is 1. The van der Waals surface area contributed by atoms with Gasteiger partial charge in [0.05, 0.1) is 35.9 Å². The van der Waals surface area contributed by atoms with E-state index in [1.165, 1.54) is 6.07 Å². The molecule has 3 aromatic rings. The number of hydrogen-bond donors (Lipinski definition) is 3. The lowest BCUT2D eigenvalue weighted by molar-refractivity contribution is -0.118. The highest BCUT2D eigenvalue weighted by molar-refractivity contribution is 6.03. The summed E-state index contributed by atoms with van der Waals surface area (Å²) in [6.07, 6.45) is 2.46. The van der Waals surface area contributed by atoms with Crippen molar-refractivity contribution in [2.45, 2.75) is 56.1 Å². The number of anilines is 1. The largest absolute Gasteiger partial charge is 0.454 e. The van der Waals surface area contributed by atoms with Gasteiger partial charge in [0.1, 0.15) is 5.82 Å². The number of halogens is 1. The van der Waals surface area contributed by atoms with Crippen molar-refractivity contribution in [3.05, 3.63) is 53.5 Å². The van der Waals surface area contributed by atoms with Gasteiger partial charge in [-0.25, -0.2) is 4.39 Å². The van der Waals surface area contributed by atoms with E-state index < -0.39 is 17.3 Å². The molecule has 0 spiro atoms. The summed E-state index contributed by atoms with van der Waals surface area (Å²) in [4.78, 5) is 13.3. The summed E-state index contributed by atoms with van der Waals surface area (Å²) in [6, 6.07) is 10.6. The Hall–Kier alpha value is -3.10. The zero-order chi connectivity index (χ0) is 23.7. The third-order valence-corrected chi connectivity index (χ3v) is 7.57. The van der Waals surface area contributed by atoms with Crippen LogP contribution < -0.4 is 14.8 Å². The normalized spacial score (nSPS) is 19.8. The van der Waals surface area contributed by atoms with Crippen LogP contribution in [0.5, 0.6) is 11.5 Å². The molecule has 2 fully saturated rings. The predicted octanol–water partition coefficient (Wildman–Crippen LogP) is 3.58. The van der Waals surface area contributed by atoms with E-state index in [4.69, 9.17) is 9.47 Å². The highest BCUT2D eigenvalue weighted by Crippen LogP contribution is 2.52. The lowest BCUT2D eigenvalue weighted by atomic mass is 9.94. The van der Waals surface area contributed by atoms with Crippen molar-refractivity contribution in [2.75, 3.05) is 18.7 Å². The lowest BCUT2D eigenvalue weighted by Crippen LogP contribution is -2.28. The Morgan fingerprint density at radius 3 is 2.62 bits per heavy atom. The summed E-state index contributed by atoms with van der Waals surface area (Å²) < 4.78 is 27.9. The van der Waals surface area contributed by atoms with Gasteiger partial charge in [0, 0.05) is 22.6 Å². The number of hydrogen-bond acceptors (Lipinski definition) is 5. The van der Waals surface area contributed by atoms with Crippen LogP contribution >= 0.6 is 0 Å². The number of benzene rings is 2. The number of aromatic nitrogens is 1. The monoisotopic (exact) mass is 466 g/mol. The van der Waals surface area contributed by atoms with Gasteiger partial charge < -0.3 is 29.6 Å². The molecule has 0 unspecified atom stereocenters. The van der Waals surface area contributed by atoms with Crippen LogP contribution in [-0.2, 0) is 22.2 Å². The summed E-state index contributed by atoms with van der Waals surface area (Å²) in [7, 11) is 0. The van der Waals surface area contributed by atoms with Crippen molar-refractivity contribution >= 4 is 22.5 Å². The van der Waals surface area contributed by atoms with Crippen LogP contribution in [0.1, 0.15) is 43.9 Å². The molecule has 1 amide bonds. The number of ether oxygens (including phenoxy) is 2. The van der Waals surface area contributed by atoms with Gasteiger partial charge in [-0.1, -0.05) is 13.0 Å². The molecule has 6 rings (SSSR count). The first-order chi connectivity index (χ1) is 16.3. The maximum absolute atomic E-state index is 15.2. The molecule has 2 heterocycles. The molecule has 0 saturated heterocycles. The molecule has 2 saturated carbocycles. The molecular formula is C26H27FN2O5. The molecule has 7 nitrogen and oxygen atoms in total. The number of rotatable bonds is 7. The minimum Gasteiger partial charge on any atom is -0.454 e. The van der Waals surface area contributed by atoms with Crippen molar-refractivity contribution in [3.63, 3.8) is 0 Å². The Morgan fingerprint density at radius 1 is 1.15 bits per heavy atom. The molecule has 1 atom stereocenters. The van der Waals surface area contributed by atoms with E-state index in [1.54, 1.807) is 12.1 Å². The minimum absolute atomic E-state index is 0.0223. The summed E-state index contributed by atoms with van der Waals surface area (Å²) in [5.41, 5.74) is 1.90. The standard InChI is InChI=1S/C26H27FN2O5/c1-25(4-5-25)23-9-15-8-19(18(27)11-20(15)29(23)12-17(31)13-30)28-24(32)26(6-7-26)16-2-3-21-22(10-16)34-14-33-21/h2-3,8-11,17,30-31H,4-7,12-14H2,1H3,(H,28,32)/t17-/m0/s1.